The standard InChI is InChI=1S/C23H27F3N4O4S/c24-23(25,26)19-7-5-6-18(16-19)21(31)27-13-12-17-8-10-20(11-9-17)35(33,34)29-22(32)28-30-14-3-1-2-4-15-30/h5-11,16H,1-4,12-15H2,(H,27,31)(H2,28,29,32). The highest BCUT2D eigenvalue weighted by atomic mass is 32.2. The third-order valence-electron chi connectivity index (χ3n) is 5.48. The Morgan fingerprint density at radius 3 is 2.23 bits per heavy atom. The van der Waals surface area contributed by atoms with Crippen molar-refractivity contribution < 1.29 is 31.2 Å². The van der Waals surface area contributed by atoms with Crippen LogP contribution in [0.25, 0.3) is 0 Å². The number of carbonyl (C=O) groups is 2. The predicted octanol–water partition coefficient (Wildman–Crippen LogP) is 3.46. The zero-order valence-electron chi connectivity index (χ0n) is 18.9. The molecule has 3 amide bonds. The Labute approximate surface area is 201 Å². The Morgan fingerprint density at radius 2 is 1.60 bits per heavy atom. The summed E-state index contributed by atoms with van der Waals surface area (Å²) in [7, 11) is -4.07. The van der Waals surface area contributed by atoms with Crippen LogP contribution in [0.1, 0.15) is 47.2 Å². The quantitative estimate of drug-likeness (QED) is 0.527. The molecule has 1 saturated heterocycles. The van der Waals surface area contributed by atoms with Gasteiger partial charge in [0.2, 0.25) is 0 Å². The molecule has 0 aromatic heterocycles. The lowest BCUT2D eigenvalue weighted by atomic mass is 10.1. The van der Waals surface area contributed by atoms with Crippen molar-refractivity contribution in [3.8, 4) is 0 Å². The minimum Gasteiger partial charge on any atom is -0.352 e. The van der Waals surface area contributed by atoms with Gasteiger partial charge in [-0.1, -0.05) is 31.0 Å². The Morgan fingerprint density at radius 1 is 0.943 bits per heavy atom. The molecule has 0 unspecified atom stereocenters. The molecule has 0 aliphatic carbocycles. The molecule has 2 aromatic rings. The van der Waals surface area contributed by atoms with Crippen LogP contribution in [-0.4, -0.2) is 45.0 Å². The molecule has 1 aliphatic heterocycles. The Kier molecular flexibility index (Phi) is 8.73. The maximum Gasteiger partial charge on any atom is 0.416 e. The lowest BCUT2D eigenvalue weighted by molar-refractivity contribution is -0.137. The molecule has 1 aliphatic rings. The molecule has 3 rings (SSSR count). The number of urea groups is 1. The first kappa shape index (κ1) is 26.5. The van der Waals surface area contributed by atoms with Crippen LogP contribution in [0.2, 0.25) is 0 Å². The fraction of sp³-hybridized carbons (Fsp3) is 0.391. The molecule has 1 heterocycles. The molecule has 0 radical (unpaired) electrons. The van der Waals surface area contributed by atoms with Gasteiger partial charge in [0.15, 0.2) is 0 Å². The van der Waals surface area contributed by atoms with Crippen molar-refractivity contribution in [1.82, 2.24) is 20.5 Å². The van der Waals surface area contributed by atoms with Gasteiger partial charge in [0.1, 0.15) is 0 Å². The Hall–Kier alpha value is -3.12. The van der Waals surface area contributed by atoms with Gasteiger partial charge in [-0.05, 0) is 55.2 Å². The summed E-state index contributed by atoms with van der Waals surface area (Å²) in [5.74, 6) is -0.644. The number of hydrogen-bond acceptors (Lipinski definition) is 5. The normalized spacial score (nSPS) is 15.2. The van der Waals surface area contributed by atoms with Crippen molar-refractivity contribution in [2.24, 2.45) is 0 Å². The van der Waals surface area contributed by atoms with Gasteiger partial charge < -0.3 is 5.32 Å². The van der Waals surface area contributed by atoms with E-state index in [1.807, 2.05) is 4.72 Å². The summed E-state index contributed by atoms with van der Waals surface area (Å²) in [6, 6.07) is 9.06. The highest BCUT2D eigenvalue weighted by Gasteiger charge is 2.30. The molecule has 0 saturated carbocycles. The Balaban J connectivity index is 1.50. The average molecular weight is 513 g/mol. The molecule has 0 atom stereocenters. The first-order valence-corrected chi connectivity index (χ1v) is 12.7. The molecule has 0 bridgehead atoms. The molecule has 35 heavy (non-hydrogen) atoms. The lowest BCUT2D eigenvalue weighted by Crippen LogP contribution is -2.49. The van der Waals surface area contributed by atoms with Crippen LogP contribution < -0.4 is 15.5 Å². The minimum absolute atomic E-state index is 0.0970. The zero-order valence-corrected chi connectivity index (χ0v) is 19.7. The van der Waals surface area contributed by atoms with Crippen molar-refractivity contribution in [3.05, 3.63) is 65.2 Å². The summed E-state index contributed by atoms with van der Waals surface area (Å²) < 4.78 is 65.4. The van der Waals surface area contributed by atoms with E-state index in [0.717, 1.165) is 37.8 Å². The van der Waals surface area contributed by atoms with Crippen LogP contribution in [0.5, 0.6) is 0 Å². The van der Waals surface area contributed by atoms with Gasteiger partial charge in [0, 0.05) is 25.2 Å². The lowest BCUT2D eigenvalue weighted by Gasteiger charge is -2.20. The van der Waals surface area contributed by atoms with Gasteiger partial charge in [0.05, 0.1) is 10.5 Å². The highest BCUT2D eigenvalue weighted by Crippen LogP contribution is 2.29. The van der Waals surface area contributed by atoms with E-state index in [2.05, 4.69) is 10.7 Å². The molecule has 3 N–H and O–H groups in total. The number of hydrogen-bond donors (Lipinski definition) is 3. The fourth-order valence-corrected chi connectivity index (χ4v) is 4.53. The van der Waals surface area contributed by atoms with Crippen LogP contribution in [0.4, 0.5) is 18.0 Å². The van der Waals surface area contributed by atoms with Crippen molar-refractivity contribution in [2.75, 3.05) is 19.6 Å². The maximum atomic E-state index is 12.8. The van der Waals surface area contributed by atoms with Gasteiger partial charge in [-0.25, -0.2) is 22.9 Å². The van der Waals surface area contributed by atoms with E-state index >= 15 is 0 Å². The third kappa shape index (κ3) is 7.96. The van der Waals surface area contributed by atoms with Crippen LogP contribution >= 0.6 is 0 Å². The van der Waals surface area contributed by atoms with Gasteiger partial charge >= 0.3 is 12.2 Å². The van der Waals surface area contributed by atoms with E-state index in [1.165, 1.54) is 36.4 Å². The summed E-state index contributed by atoms with van der Waals surface area (Å²) in [6.45, 7) is 1.45. The Bertz CT molecular complexity index is 1130. The molecular weight excluding hydrogens is 485 g/mol. The SMILES string of the molecule is O=C(NN1CCCCCC1)NS(=O)(=O)c1ccc(CCNC(=O)c2cccc(C(F)(F)F)c2)cc1. The molecule has 12 heteroatoms. The number of carbonyl (C=O) groups excluding carboxylic acids is 2. The van der Waals surface area contributed by atoms with Gasteiger partial charge in [-0.15, -0.1) is 0 Å². The number of rotatable bonds is 7. The van der Waals surface area contributed by atoms with Crippen molar-refractivity contribution in [3.63, 3.8) is 0 Å². The number of amides is 3. The maximum absolute atomic E-state index is 12.8. The fourth-order valence-electron chi connectivity index (χ4n) is 3.62. The van der Waals surface area contributed by atoms with Crippen LogP contribution in [0, 0.1) is 0 Å². The largest absolute Gasteiger partial charge is 0.416 e. The number of benzene rings is 2. The first-order valence-electron chi connectivity index (χ1n) is 11.2. The second kappa shape index (κ2) is 11.5. The molecule has 0 spiro atoms. The summed E-state index contributed by atoms with van der Waals surface area (Å²) in [5, 5.41) is 4.25. The molecule has 8 nitrogen and oxygen atoms in total. The number of sulfonamides is 1. The van der Waals surface area contributed by atoms with Gasteiger partial charge in [-0.2, -0.15) is 13.2 Å². The van der Waals surface area contributed by atoms with Crippen molar-refractivity contribution in [1.29, 1.82) is 0 Å². The van der Waals surface area contributed by atoms with Crippen LogP contribution in [0.15, 0.2) is 53.4 Å². The third-order valence-corrected chi connectivity index (χ3v) is 6.82. The van der Waals surface area contributed by atoms with E-state index in [9.17, 15) is 31.2 Å². The zero-order chi connectivity index (χ0) is 25.5. The van der Waals surface area contributed by atoms with E-state index in [1.54, 1.807) is 5.01 Å². The number of hydrazine groups is 1. The second-order valence-corrected chi connectivity index (χ2v) is 9.86. The monoisotopic (exact) mass is 512 g/mol. The number of nitrogens with zero attached hydrogens (tertiary/aromatic N) is 1. The molecule has 1 fully saturated rings. The average Bonchev–Trinajstić information content (AvgIpc) is 3.07. The van der Waals surface area contributed by atoms with Crippen LogP contribution in [-0.2, 0) is 22.6 Å². The summed E-state index contributed by atoms with van der Waals surface area (Å²) in [5.41, 5.74) is 2.25. The molecule has 190 valence electrons. The first-order chi connectivity index (χ1) is 16.5. The topological polar surface area (TPSA) is 108 Å². The van der Waals surface area contributed by atoms with Gasteiger partial charge in [0.25, 0.3) is 15.9 Å². The van der Waals surface area contributed by atoms with E-state index < -0.39 is 33.7 Å². The number of nitrogens with one attached hydrogen (secondary N) is 3. The predicted molar refractivity (Wildman–Crippen MR) is 123 cm³/mol. The highest BCUT2D eigenvalue weighted by molar-refractivity contribution is 7.90. The summed E-state index contributed by atoms with van der Waals surface area (Å²) in [6.07, 6.45) is -0.225. The number of halogens is 3. The molecular formula is C23H27F3N4O4S. The van der Waals surface area contributed by atoms with Gasteiger partial charge in [-0.3, -0.25) is 10.2 Å². The smallest absolute Gasteiger partial charge is 0.352 e. The second-order valence-electron chi connectivity index (χ2n) is 8.18. The summed E-state index contributed by atoms with van der Waals surface area (Å²) >= 11 is 0. The number of alkyl halides is 3. The summed E-state index contributed by atoms with van der Waals surface area (Å²) in [4.78, 5) is 24.2. The van der Waals surface area contributed by atoms with Crippen LogP contribution in [0.3, 0.4) is 0 Å². The van der Waals surface area contributed by atoms with Crippen molar-refractivity contribution >= 4 is 22.0 Å². The van der Waals surface area contributed by atoms with E-state index in [0.29, 0.717) is 25.1 Å². The van der Waals surface area contributed by atoms with Crippen molar-refractivity contribution in [2.45, 2.75) is 43.2 Å². The van der Waals surface area contributed by atoms with E-state index in [4.69, 9.17) is 0 Å². The molecule has 2 aromatic carbocycles. The minimum atomic E-state index is -4.54. The van der Waals surface area contributed by atoms with E-state index in [-0.39, 0.29) is 17.0 Å².